The lowest BCUT2D eigenvalue weighted by Crippen LogP contribution is -2.27. The van der Waals surface area contributed by atoms with Crippen LogP contribution >= 0.6 is 0 Å². The van der Waals surface area contributed by atoms with Gasteiger partial charge in [-0.05, 0) is 55.0 Å². The number of amides is 2. The van der Waals surface area contributed by atoms with Crippen LogP contribution in [0.3, 0.4) is 0 Å². The van der Waals surface area contributed by atoms with Crippen molar-refractivity contribution in [3.05, 3.63) is 66.2 Å². The summed E-state index contributed by atoms with van der Waals surface area (Å²) in [7, 11) is 1.58. The molecule has 154 valence electrons. The summed E-state index contributed by atoms with van der Waals surface area (Å²) in [5.41, 5.74) is 2.80. The van der Waals surface area contributed by atoms with Crippen molar-refractivity contribution in [2.45, 2.75) is 6.92 Å². The molecule has 29 heavy (non-hydrogen) atoms. The first-order valence-electron chi connectivity index (χ1n) is 9.26. The number of hydrogen-bond donors (Lipinski definition) is 3. The van der Waals surface area contributed by atoms with E-state index >= 15 is 0 Å². The Bertz CT molecular complexity index is 834. The number of hydrogen-bond acceptors (Lipinski definition) is 5. The maximum absolute atomic E-state index is 12.2. The lowest BCUT2D eigenvalue weighted by atomic mass is 10.2. The maximum Gasteiger partial charge on any atom is 0.251 e. The number of ether oxygens (including phenoxy) is 2. The van der Waals surface area contributed by atoms with Crippen molar-refractivity contribution >= 4 is 23.2 Å². The largest absolute Gasteiger partial charge is 0.489 e. The zero-order chi connectivity index (χ0) is 21.1. The highest BCUT2D eigenvalue weighted by Gasteiger charge is 2.07. The molecule has 0 fully saturated rings. The van der Waals surface area contributed by atoms with Crippen LogP contribution in [0.5, 0.6) is 5.75 Å². The lowest BCUT2D eigenvalue weighted by molar-refractivity contribution is -0.114. The molecule has 0 aliphatic rings. The van der Waals surface area contributed by atoms with Gasteiger partial charge in [-0.25, -0.2) is 0 Å². The minimum atomic E-state index is -0.199. The second-order valence-corrected chi connectivity index (χ2v) is 6.50. The Morgan fingerprint density at radius 1 is 1.07 bits per heavy atom. The van der Waals surface area contributed by atoms with E-state index in [1.165, 1.54) is 0 Å². The Balaban J connectivity index is 1.82. The Labute approximate surface area is 171 Å². The first-order valence-corrected chi connectivity index (χ1v) is 9.26. The van der Waals surface area contributed by atoms with E-state index in [1.807, 2.05) is 6.92 Å². The van der Waals surface area contributed by atoms with E-state index in [2.05, 4.69) is 22.5 Å². The third-order valence-corrected chi connectivity index (χ3v) is 3.79. The number of nitrogens with one attached hydrogen (secondary N) is 3. The summed E-state index contributed by atoms with van der Waals surface area (Å²) in [6.07, 6.45) is 0. The van der Waals surface area contributed by atoms with Crippen LogP contribution in [0.25, 0.3) is 0 Å². The molecule has 0 saturated heterocycles. The van der Waals surface area contributed by atoms with E-state index in [4.69, 9.17) is 9.47 Å². The van der Waals surface area contributed by atoms with Crippen molar-refractivity contribution in [2.24, 2.45) is 0 Å². The summed E-state index contributed by atoms with van der Waals surface area (Å²) in [5.74, 6) is 0.323. The number of carbonyl (C=O) groups is 2. The van der Waals surface area contributed by atoms with Gasteiger partial charge in [0.15, 0.2) is 0 Å². The van der Waals surface area contributed by atoms with Crippen molar-refractivity contribution in [1.29, 1.82) is 0 Å². The molecule has 0 spiro atoms. The zero-order valence-electron chi connectivity index (χ0n) is 16.8. The van der Waals surface area contributed by atoms with Gasteiger partial charge in [0.05, 0.1) is 13.2 Å². The number of rotatable bonds is 11. The van der Waals surface area contributed by atoms with Gasteiger partial charge >= 0.3 is 0 Å². The van der Waals surface area contributed by atoms with E-state index in [1.54, 1.807) is 55.6 Å². The van der Waals surface area contributed by atoms with Crippen molar-refractivity contribution in [3.63, 3.8) is 0 Å². The van der Waals surface area contributed by atoms with E-state index in [0.717, 1.165) is 5.57 Å². The van der Waals surface area contributed by atoms with Gasteiger partial charge in [0, 0.05) is 30.6 Å². The second kappa shape index (κ2) is 11.5. The summed E-state index contributed by atoms with van der Waals surface area (Å²) >= 11 is 0. The Morgan fingerprint density at radius 3 is 2.52 bits per heavy atom. The highest BCUT2D eigenvalue weighted by Crippen LogP contribution is 2.16. The van der Waals surface area contributed by atoms with E-state index in [0.29, 0.717) is 42.4 Å². The standard InChI is InChI=1S/C22H27N3O4/c1-16(2)15-29-20-9-7-18(8-10-20)25-21(26)14-24-19-6-4-5-17(13-19)22(27)23-11-12-28-3/h4-10,13,24H,1,11-12,14-15H2,2-3H3,(H,23,27)(H,25,26). The fraction of sp³-hybridized carbons (Fsp3) is 0.273. The smallest absolute Gasteiger partial charge is 0.251 e. The van der Waals surface area contributed by atoms with Gasteiger partial charge in [0.1, 0.15) is 12.4 Å². The van der Waals surface area contributed by atoms with Crippen molar-refractivity contribution in [3.8, 4) is 5.75 Å². The Kier molecular flexibility index (Phi) is 8.72. The molecule has 2 amide bonds. The molecule has 0 aliphatic carbocycles. The first-order chi connectivity index (χ1) is 14.0. The molecule has 7 heteroatoms. The SMILES string of the molecule is C=C(C)COc1ccc(NC(=O)CNc2cccc(C(=O)NCCOC)c2)cc1. The average molecular weight is 397 g/mol. The van der Waals surface area contributed by atoms with E-state index in [-0.39, 0.29) is 18.4 Å². The molecule has 0 unspecified atom stereocenters. The molecule has 0 bridgehead atoms. The number of methoxy groups -OCH3 is 1. The van der Waals surface area contributed by atoms with E-state index in [9.17, 15) is 9.59 Å². The molecular weight excluding hydrogens is 370 g/mol. The van der Waals surface area contributed by atoms with Crippen molar-refractivity contribution < 1.29 is 19.1 Å². The van der Waals surface area contributed by atoms with Crippen LogP contribution in [0, 0.1) is 0 Å². The van der Waals surface area contributed by atoms with E-state index < -0.39 is 0 Å². The van der Waals surface area contributed by atoms with Crippen molar-refractivity contribution in [1.82, 2.24) is 5.32 Å². The minimum absolute atomic E-state index is 0.0721. The van der Waals surface area contributed by atoms with Gasteiger partial charge in [-0.15, -0.1) is 0 Å². The van der Waals surface area contributed by atoms with Crippen LogP contribution in [0.1, 0.15) is 17.3 Å². The fourth-order valence-electron chi connectivity index (χ4n) is 2.37. The maximum atomic E-state index is 12.2. The summed E-state index contributed by atoms with van der Waals surface area (Å²) in [6, 6.07) is 14.1. The summed E-state index contributed by atoms with van der Waals surface area (Å²) < 4.78 is 10.4. The highest BCUT2D eigenvalue weighted by molar-refractivity contribution is 5.96. The summed E-state index contributed by atoms with van der Waals surface area (Å²) in [5, 5.41) is 8.59. The average Bonchev–Trinajstić information content (AvgIpc) is 2.72. The second-order valence-electron chi connectivity index (χ2n) is 6.50. The quantitative estimate of drug-likeness (QED) is 0.401. The topological polar surface area (TPSA) is 88.7 Å². The third-order valence-electron chi connectivity index (χ3n) is 3.79. The van der Waals surface area contributed by atoms with Gasteiger partial charge in [-0.2, -0.15) is 0 Å². The molecule has 0 aromatic heterocycles. The number of carbonyl (C=O) groups excluding carboxylic acids is 2. The van der Waals surface area contributed by atoms with Crippen LogP contribution in [0.4, 0.5) is 11.4 Å². The summed E-state index contributed by atoms with van der Waals surface area (Å²) in [6.45, 7) is 7.10. The number of benzene rings is 2. The molecule has 0 radical (unpaired) electrons. The third kappa shape index (κ3) is 8.06. The van der Waals surface area contributed by atoms with Crippen LogP contribution in [0.2, 0.25) is 0 Å². The van der Waals surface area contributed by atoms with Gasteiger partial charge in [-0.1, -0.05) is 12.6 Å². The Hall–Kier alpha value is -3.32. The monoisotopic (exact) mass is 397 g/mol. The molecule has 7 nitrogen and oxygen atoms in total. The lowest BCUT2D eigenvalue weighted by Gasteiger charge is -2.10. The van der Waals surface area contributed by atoms with Gasteiger partial charge < -0.3 is 25.4 Å². The molecule has 3 N–H and O–H groups in total. The molecule has 0 saturated carbocycles. The highest BCUT2D eigenvalue weighted by atomic mass is 16.5. The number of anilines is 2. The van der Waals surface area contributed by atoms with Crippen LogP contribution in [0.15, 0.2) is 60.7 Å². The van der Waals surface area contributed by atoms with Gasteiger partial charge in [-0.3, -0.25) is 9.59 Å². The van der Waals surface area contributed by atoms with Crippen LogP contribution < -0.4 is 20.7 Å². The molecule has 2 aromatic carbocycles. The minimum Gasteiger partial charge on any atom is -0.489 e. The normalized spacial score (nSPS) is 10.1. The molecule has 2 rings (SSSR count). The molecule has 2 aromatic rings. The van der Waals surface area contributed by atoms with Crippen LogP contribution in [-0.4, -0.2) is 45.2 Å². The zero-order valence-corrected chi connectivity index (χ0v) is 16.8. The molecule has 0 atom stereocenters. The molecule has 0 aliphatic heterocycles. The summed E-state index contributed by atoms with van der Waals surface area (Å²) in [4.78, 5) is 24.2. The van der Waals surface area contributed by atoms with Gasteiger partial charge in [0.2, 0.25) is 5.91 Å². The predicted molar refractivity (Wildman–Crippen MR) is 115 cm³/mol. The predicted octanol–water partition coefficient (Wildman–Crippen LogP) is 3.07. The molecule has 0 heterocycles. The first kappa shape index (κ1) is 22.0. The fourth-order valence-corrected chi connectivity index (χ4v) is 2.37. The Morgan fingerprint density at radius 2 is 1.83 bits per heavy atom. The van der Waals surface area contributed by atoms with Gasteiger partial charge in [0.25, 0.3) is 5.91 Å². The molecular formula is C22H27N3O4. The van der Waals surface area contributed by atoms with Crippen molar-refractivity contribution in [2.75, 3.05) is 44.0 Å². The van der Waals surface area contributed by atoms with Crippen LogP contribution in [-0.2, 0) is 9.53 Å².